The Kier molecular flexibility index (Phi) is 5.49. The van der Waals surface area contributed by atoms with Gasteiger partial charge in [-0.15, -0.1) is 0 Å². The number of halogens is 6. The summed E-state index contributed by atoms with van der Waals surface area (Å²) in [5, 5.41) is 4.39. The largest absolute Gasteiger partial charge is 0.406 e. The van der Waals surface area contributed by atoms with E-state index in [1.165, 1.54) is 5.32 Å². The second-order valence-electron chi connectivity index (χ2n) is 4.50. The zero-order chi connectivity index (χ0) is 15.4. The molecule has 0 saturated carbocycles. The highest BCUT2D eigenvalue weighted by Gasteiger charge is 2.38. The minimum absolute atomic E-state index is 0.273. The normalized spacial score (nSPS) is 17.9. The Labute approximate surface area is 111 Å². The summed E-state index contributed by atoms with van der Waals surface area (Å²) in [4.78, 5) is 12.0. The van der Waals surface area contributed by atoms with Crippen LogP contribution in [-0.2, 0) is 0 Å². The van der Waals surface area contributed by atoms with Crippen LogP contribution < -0.4 is 10.6 Å². The molecule has 2 amide bonds. The van der Waals surface area contributed by atoms with Crippen LogP contribution >= 0.6 is 0 Å². The Hall–Kier alpha value is -1.19. The van der Waals surface area contributed by atoms with E-state index in [0.717, 1.165) is 0 Å². The maximum absolute atomic E-state index is 12.4. The van der Waals surface area contributed by atoms with Gasteiger partial charge in [-0.1, -0.05) is 0 Å². The summed E-state index contributed by atoms with van der Waals surface area (Å²) in [6.07, 6.45) is -8.76. The molecular weight excluding hydrogens is 292 g/mol. The van der Waals surface area contributed by atoms with Gasteiger partial charge in [0.25, 0.3) is 0 Å². The molecular formula is C10H15F6N3O. The maximum Gasteiger partial charge on any atom is 0.406 e. The van der Waals surface area contributed by atoms with Gasteiger partial charge in [-0.25, -0.2) is 4.79 Å². The molecule has 4 nitrogen and oxygen atoms in total. The Balaban J connectivity index is 2.67. The SMILES string of the molecule is O=C(NCC(F)(F)F)N(CC(F)(F)F)C1CCNCC1. The topological polar surface area (TPSA) is 44.4 Å². The van der Waals surface area contributed by atoms with Crippen LogP contribution in [0, 0.1) is 0 Å². The Morgan fingerprint density at radius 3 is 2.10 bits per heavy atom. The molecule has 0 atom stereocenters. The first-order chi connectivity index (χ1) is 9.08. The average molecular weight is 307 g/mol. The number of rotatable bonds is 3. The van der Waals surface area contributed by atoms with E-state index >= 15 is 0 Å². The van der Waals surface area contributed by atoms with Gasteiger partial charge in [0.05, 0.1) is 0 Å². The van der Waals surface area contributed by atoms with Crippen LogP contribution in [0.15, 0.2) is 0 Å². The van der Waals surface area contributed by atoms with Crippen molar-refractivity contribution in [2.24, 2.45) is 0 Å². The van der Waals surface area contributed by atoms with E-state index in [9.17, 15) is 31.1 Å². The highest BCUT2D eigenvalue weighted by atomic mass is 19.4. The zero-order valence-electron chi connectivity index (χ0n) is 10.4. The number of urea groups is 1. The van der Waals surface area contributed by atoms with E-state index in [-0.39, 0.29) is 12.8 Å². The molecule has 1 rings (SSSR count). The summed E-state index contributed by atoms with van der Waals surface area (Å²) < 4.78 is 73.3. The van der Waals surface area contributed by atoms with Gasteiger partial charge in [-0.2, -0.15) is 26.3 Å². The quantitative estimate of drug-likeness (QED) is 0.782. The fraction of sp³-hybridized carbons (Fsp3) is 0.900. The van der Waals surface area contributed by atoms with E-state index in [0.29, 0.717) is 18.0 Å². The fourth-order valence-corrected chi connectivity index (χ4v) is 1.96. The first-order valence-electron chi connectivity index (χ1n) is 5.97. The van der Waals surface area contributed by atoms with Crippen molar-refractivity contribution < 1.29 is 31.1 Å². The highest BCUT2D eigenvalue weighted by Crippen LogP contribution is 2.21. The van der Waals surface area contributed by atoms with E-state index in [2.05, 4.69) is 5.32 Å². The van der Waals surface area contributed by atoms with Crippen molar-refractivity contribution >= 4 is 6.03 Å². The Morgan fingerprint density at radius 1 is 1.10 bits per heavy atom. The molecule has 0 aromatic rings. The van der Waals surface area contributed by atoms with Crippen LogP contribution in [-0.4, -0.2) is 55.5 Å². The third kappa shape index (κ3) is 6.31. The van der Waals surface area contributed by atoms with Crippen molar-refractivity contribution in [2.45, 2.75) is 31.2 Å². The van der Waals surface area contributed by atoms with Crippen LogP contribution in [0.25, 0.3) is 0 Å². The Morgan fingerprint density at radius 2 is 1.65 bits per heavy atom. The van der Waals surface area contributed by atoms with E-state index < -0.39 is 37.5 Å². The zero-order valence-corrected chi connectivity index (χ0v) is 10.4. The lowest BCUT2D eigenvalue weighted by Crippen LogP contribution is -2.54. The summed E-state index contributed by atoms with van der Waals surface area (Å²) in [6, 6.07) is -2.06. The molecule has 0 bridgehead atoms. The number of hydrogen-bond acceptors (Lipinski definition) is 2. The lowest BCUT2D eigenvalue weighted by atomic mass is 10.1. The molecule has 2 N–H and O–H groups in total. The summed E-state index contributed by atoms with van der Waals surface area (Å²) >= 11 is 0. The van der Waals surface area contributed by atoms with Crippen molar-refractivity contribution in [3.05, 3.63) is 0 Å². The molecule has 20 heavy (non-hydrogen) atoms. The van der Waals surface area contributed by atoms with Gasteiger partial charge < -0.3 is 15.5 Å². The number of nitrogens with zero attached hydrogens (tertiary/aromatic N) is 1. The van der Waals surface area contributed by atoms with E-state index in [4.69, 9.17) is 0 Å². The Bertz CT molecular complexity index is 324. The molecule has 0 unspecified atom stereocenters. The predicted octanol–water partition coefficient (Wildman–Crippen LogP) is 1.87. The van der Waals surface area contributed by atoms with E-state index in [1.807, 2.05) is 0 Å². The predicted molar refractivity (Wildman–Crippen MR) is 58.1 cm³/mol. The van der Waals surface area contributed by atoms with Crippen molar-refractivity contribution in [3.63, 3.8) is 0 Å². The minimum atomic E-state index is -4.66. The van der Waals surface area contributed by atoms with Crippen LogP contribution in [0.1, 0.15) is 12.8 Å². The van der Waals surface area contributed by atoms with Crippen molar-refractivity contribution in [1.29, 1.82) is 0 Å². The number of alkyl halides is 6. The van der Waals surface area contributed by atoms with Crippen LogP contribution in [0.4, 0.5) is 31.1 Å². The number of hydrogen-bond donors (Lipinski definition) is 2. The molecule has 0 aromatic heterocycles. The number of carbonyl (C=O) groups excluding carboxylic acids is 1. The molecule has 0 radical (unpaired) electrons. The second kappa shape index (κ2) is 6.51. The molecule has 10 heteroatoms. The number of carbonyl (C=O) groups is 1. The molecule has 118 valence electrons. The highest BCUT2D eigenvalue weighted by molar-refractivity contribution is 5.74. The molecule has 1 saturated heterocycles. The first-order valence-corrected chi connectivity index (χ1v) is 5.97. The van der Waals surface area contributed by atoms with Crippen molar-refractivity contribution in [1.82, 2.24) is 15.5 Å². The third-order valence-corrected chi connectivity index (χ3v) is 2.80. The first kappa shape index (κ1) is 16.9. The van der Waals surface area contributed by atoms with Gasteiger partial charge >= 0.3 is 18.4 Å². The lowest BCUT2D eigenvalue weighted by molar-refractivity contribution is -0.145. The number of nitrogens with one attached hydrogen (secondary N) is 2. The average Bonchev–Trinajstić information content (AvgIpc) is 2.32. The summed E-state index contributed by atoms with van der Waals surface area (Å²) in [7, 11) is 0. The molecule has 0 aromatic carbocycles. The van der Waals surface area contributed by atoms with Crippen molar-refractivity contribution in [3.8, 4) is 0 Å². The second-order valence-corrected chi connectivity index (χ2v) is 4.50. The van der Waals surface area contributed by atoms with Gasteiger partial charge in [0.1, 0.15) is 13.1 Å². The van der Waals surface area contributed by atoms with Crippen LogP contribution in [0.3, 0.4) is 0 Å². The summed E-state index contributed by atoms with van der Waals surface area (Å²) in [5.74, 6) is 0. The molecule has 0 aliphatic carbocycles. The van der Waals surface area contributed by atoms with Crippen LogP contribution in [0.5, 0.6) is 0 Å². The van der Waals surface area contributed by atoms with Gasteiger partial charge in [0.15, 0.2) is 0 Å². The fourth-order valence-electron chi connectivity index (χ4n) is 1.96. The van der Waals surface area contributed by atoms with Gasteiger partial charge in [0.2, 0.25) is 0 Å². The van der Waals surface area contributed by atoms with Crippen molar-refractivity contribution in [2.75, 3.05) is 26.2 Å². The number of piperidine rings is 1. The van der Waals surface area contributed by atoms with Gasteiger partial charge in [-0.3, -0.25) is 0 Å². The van der Waals surface area contributed by atoms with Gasteiger partial charge in [0, 0.05) is 6.04 Å². The summed E-state index contributed by atoms with van der Waals surface area (Å²) in [6.45, 7) is -2.36. The standard InChI is InChI=1S/C10H15F6N3O/c11-9(12,13)5-18-8(20)19(6-10(14,15)16)7-1-3-17-4-2-7/h7,17H,1-6H2,(H,18,20). The van der Waals surface area contributed by atoms with E-state index in [1.54, 1.807) is 0 Å². The third-order valence-electron chi connectivity index (χ3n) is 2.80. The molecule has 1 fully saturated rings. The van der Waals surface area contributed by atoms with Gasteiger partial charge in [-0.05, 0) is 25.9 Å². The lowest BCUT2D eigenvalue weighted by Gasteiger charge is -2.35. The molecule has 1 aliphatic rings. The van der Waals surface area contributed by atoms with Crippen LogP contribution in [0.2, 0.25) is 0 Å². The minimum Gasteiger partial charge on any atom is -0.329 e. The maximum atomic E-state index is 12.4. The smallest absolute Gasteiger partial charge is 0.329 e. The molecule has 1 aliphatic heterocycles. The summed E-state index contributed by atoms with van der Waals surface area (Å²) in [5.41, 5.74) is 0. The molecule has 1 heterocycles. The monoisotopic (exact) mass is 307 g/mol. The molecule has 0 spiro atoms. The number of amides is 2.